The van der Waals surface area contributed by atoms with E-state index in [1.807, 2.05) is 0 Å². The molecule has 0 spiro atoms. The van der Waals surface area contributed by atoms with E-state index < -0.39 is 41.8 Å². The summed E-state index contributed by atoms with van der Waals surface area (Å²) < 4.78 is 13.6. The van der Waals surface area contributed by atoms with Gasteiger partial charge in [0.25, 0.3) is 11.8 Å². The lowest BCUT2D eigenvalue weighted by molar-refractivity contribution is -0.145. The summed E-state index contributed by atoms with van der Waals surface area (Å²) in [5.74, 6) is -6.20. The van der Waals surface area contributed by atoms with E-state index in [1.54, 1.807) is 0 Å². The third-order valence-electron chi connectivity index (χ3n) is 3.10. The first-order chi connectivity index (χ1) is 9.34. The van der Waals surface area contributed by atoms with Crippen LogP contribution in [0.5, 0.6) is 0 Å². The van der Waals surface area contributed by atoms with Crippen molar-refractivity contribution in [3.63, 3.8) is 0 Å². The summed E-state index contributed by atoms with van der Waals surface area (Å²) in [6, 6.07) is 3.60. The van der Waals surface area contributed by atoms with Gasteiger partial charge in [0.2, 0.25) is 0 Å². The SMILES string of the molecule is CC(=O)C(CN1C(=O)c2cccc(F)c2C1=O)C(=O)O. The number of fused-ring (bicyclic) bond motifs is 1. The molecular formula is C13H10FNO5. The number of hydrogen-bond acceptors (Lipinski definition) is 4. The minimum absolute atomic E-state index is 0.123. The van der Waals surface area contributed by atoms with Gasteiger partial charge in [-0.05, 0) is 19.1 Å². The molecule has 1 aromatic rings. The molecule has 0 aromatic heterocycles. The molecule has 2 amide bonds. The highest BCUT2D eigenvalue weighted by molar-refractivity contribution is 6.21. The summed E-state index contributed by atoms with van der Waals surface area (Å²) >= 11 is 0. The fourth-order valence-corrected chi connectivity index (χ4v) is 2.02. The Balaban J connectivity index is 2.36. The van der Waals surface area contributed by atoms with Gasteiger partial charge in [0.1, 0.15) is 17.5 Å². The lowest BCUT2D eigenvalue weighted by Gasteiger charge is -2.17. The van der Waals surface area contributed by atoms with Gasteiger partial charge in [-0.2, -0.15) is 0 Å². The average Bonchev–Trinajstić information content (AvgIpc) is 2.60. The highest BCUT2D eigenvalue weighted by atomic mass is 19.1. The number of amides is 2. The van der Waals surface area contributed by atoms with Crippen molar-refractivity contribution < 1.29 is 28.7 Å². The number of carbonyl (C=O) groups excluding carboxylic acids is 3. The second kappa shape index (κ2) is 4.84. The number of rotatable bonds is 4. The number of hydrogen-bond donors (Lipinski definition) is 1. The van der Waals surface area contributed by atoms with Gasteiger partial charge in [-0.15, -0.1) is 0 Å². The van der Waals surface area contributed by atoms with Crippen molar-refractivity contribution in [2.45, 2.75) is 6.92 Å². The molecular weight excluding hydrogens is 269 g/mol. The van der Waals surface area contributed by atoms with E-state index in [9.17, 15) is 23.6 Å². The van der Waals surface area contributed by atoms with Crippen LogP contribution in [0.2, 0.25) is 0 Å². The summed E-state index contributed by atoms with van der Waals surface area (Å²) in [4.78, 5) is 46.7. The summed E-state index contributed by atoms with van der Waals surface area (Å²) in [6.07, 6.45) is 0. The van der Waals surface area contributed by atoms with Gasteiger partial charge < -0.3 is 5.11 Å². The van der Waals surface area contributed by atoms with E-state index in [-0.39, 0.29) is 11.1 Å². The van der Waals surface area contributed by atoms with E-state index in [0.29, 0.717) is 4.90 Å². The van der Waals surface area contributed by atoms with Crippen molar-refractivity contribution in [2.75, 3.05) is 6.54 Å². The summed E-state index contributed by atoms with van der Waals surface area (Å²) in [5, 5.41) is 8.90. The topological polar surface area (TPSA) is 91.8 Å². The molecule has 7 heteroatoms. The Bertz CT molecular complexity index is 626. The molecule has 6 nitrogen and oxygen atoms in total. The maximum absolute atomic E-state index is 13.6. The number of aliphatic carboxylic acids is 1. The summed E-state index contributed by atoms with van der Waals surface area (Å²) in [6.45, 7) is 0.452. The first kappa shape index (κ1) is 13.9. The van der Waals surface area contributed by atoms with E-state index in [0.717, 1.165) is 13.0 Å². The monoisotopic (exact) mass is 279 g/mol. The zero-order chi connectivity index (χ0) is 15.0. The number of carboxylic acid groups (broad SMARTS) is 1. The number of nitrogens with zero attached hydrogens (tertiary/aromatic N) is 1. The molecule has 1 atom stereocenters. The number of Topliss-reactive ketones (excluding diaryl/α,β-unsaturated/α-hetero) is 1. The summed E-state index contributed by atoms with van der Waals surface area (Å²) in [7, 11) is 0. The van der Waals surface area contributed by atoms with Crippen LogP contribution < -0.4 is 0 Å². The second-order valence-corrected chi connectivity index (χ2v) is 4.38. The van der Waals surface area contributed by atoms with Crippen molar-refractivity contribution in [1.29, 1.82) is 0 Å². The van der Waals surface area contributed by atoms with E-state index in [2.05, 4.69) is 0 Å². The van der Waals surface area contributed by atoms with Crippen LogP contribution in [-0.2, 0) is 9.59 Å². The number of carboxylic acids is 1. The van der Waals surface area contributed by atoms with Gasteiger partial charge in [-0.3, -0.25) is 24.1 Å². The predicted molar refractivity (Wildman–Crippen MR) is 63.6 cm³/mol. The molecule has 0 saturated carbocycles. The van der Waals surface area contributed by atoms with Gasteiger partial charge in [0.15, 0.2) is 0 Å². The van der Waals surface area contributed by atoms with Gasteiger partial charge >= 0.3 is 5.97 Å². The van der Waals surface area contributed by atoms with E-state index in [1.165, 1.54) is 12.1 Å². The minimum Gasteiger partial charge on any atom is -0.481 e. The molecule has 2 rings (SSSR count). The Hall–Kier alpha value is -2.57. The molecule has 1 heterocycles. The van der Waals surface area contributed by atoms with Crippen molar-refractivity contribution >= 4 is 23.6 Å². The second-order valence-electron chi connectivity index (χ2n) is 4.38. The number of carbonyl (C=O) groups is 4. The third-order valence-corrected chi connectivity index (χ3v) is 3.10. The molecule has 0 fully saturated rings. The van der Waals surface area contributed by atoms with Crippen molar-refractivity contribution in [1.82, 2.24) is 4.90 Å². The molecule has 1 aliphatic rings. The van der Waals surface area contributed by atoms with Crippen LogP contribution in [0.25, 0.3) is 0 Å². The number of halogens is 1. The maximum atomic E-state index is 13.6. The van der Waals surface area contributed by atoms with Crippen LogP contribution in [0, 0.1) is 11.7 Å². The van der Waals surface area contributed by atoms with Crippen molar-refractivity contribution in [3.05, 3.63) is 35.1 Å². The van der Waals surface area contributed by atoms with Crippen molar-refractivity contribution in [3.8, 4) is 0 Å². The fraction of sp³-hybridized carbons (Fsp3) is 0.231. The fourth-order valence-electron chi connectivity index (χ4n) is 2.02. The van der Waals surface area contributed by atoms with E-state index >= 15 is 0 Å². The molecule has 104 valence electrons. The molecule has 0 saturated heterocycles. The summed E-state index contributed by atoms with van der Waals surface area (Å²) in [5.41, 5.74) is -0.507. The zero-order valence-electron chi connectivity index (χ0n) is 10.4. The Kier molecular flexibility index (Phi) is 3.35. The largest absolute Gasteiger partial charge is 0.481 e. The average molecular weight is 279 g/mol. The highest BCUT2D eigenvalue weighted by Gasteiger charge is 2.40. The zero-order valence-corrected chi connectivity index (χ0v) is 10.4. The molecule has 0 bridgehead atoms. The van der Waals surface area contributed by atoms with Crippen LogP contribution in [0.1, 0.15) is 27.6 Å². The Labute approximate surface area is 112 Å². The third kappa shape index (κ3) is 2.07. The Morgan fingerprint density at radius 1 is 1.30 bits per heavy atom. The normalized spacial score (nSPS) is 15.2. The Morgan fingerprint density at radius 2 is 1.95 bits per heavy atom. The molecule has 0 radical (unpaired) electrons. The molecule has 20 heavy (non-hydrogen) atoms. The van der Waals surface area contributed by atoms with Crippen LogP contribution in [0.3, 0.4) is 0 Å². The molecule has 1 N–H and O–H groups in total. The standard InChI is InChI=1S/C13H10FNO5/c1-6(16)8(13(19)20)5-15-11(17)7-3-2-4-9(14)10(7)12(15)18/h2-4,8H,5H2,1H3,(H,19,20). The number of ketones is 1. The van der Waals surface area contributed by atoms with Crippen LogP contribution >= 0.6 is 0 Å². The molecule has 1 unspecified atom stereocenters. The number of benzene rings is 1. The van der Waals surface area contributed by atoms with Crippen molar-refractivity contribution in [2.24, 2.45) is 5.92 Å². The Morgan fingerprint density at radius 3 is 2.45 bits per heavy atom. The van der Waals surface area contributed by atoms with E-state index in [4.69, 9.17) is 5.11 Å². The minimum atomic E-state index is -1.51. The first-order valence-electron chi connectivity index (χ1n) is 5.72. The quantitative estimate of drug-likeness (QED) is 0.647. The van der Waals surface area contributed by atoms with Crippen LogP contribution in [0.4, 0.5) is 4.39 Å². The van der Waals surface area contributed by atoms with Gasteiger partial charge in [0, 0.05) is 6.54 Å². The maximum Gasteiger partial charge on any atom is 0.315 e. The van der Waals surface area contributed by atoms with Gasteiger partial charge in [-0.1, -0.05) is 6.07 Å². The predicted octanol–water partition coefficient (Wildman–Crippen LogP) is 0.712. The van der Waals surface area contributed by atoms with Gasteiger partial charge in [-0.25, -0.2) is 4.39 Å². The lowest BCUT2D eigenvalue weighted by Crippen LogP contribution is -2.40. The number of imide groups is 1. The lowest BCUT2D eigenvalue weighted by atomic mass is 10.1. The van der Waals surface area contributed by atoms with Gasteiger partial charge in [0.05, 0.1) is 11.1 Å². The molecule has 1 aromatic carbocycles. The highest BCUT2D eigenvalue weighted by Crippen LogP contribution is 2.26. The first-order valence-corrected chi connectivity index (χ1v) is 5.72. The smallest absolute Gasteiger partial charge is 0.315 e. The molecule has 1 aliphatic heterocycles. The van der Waals surface area contributed by atoms with Crippen LogP contribution in [0.15, 0.2) is 18.2 Å². The molecule has 0 aliphatic carbocycles. The van der Waals surface area contributed by atoms with Crippen LogP contribution in [-0.4, -0.2) is 40.1 Å².